The maximum atomic E-state index is 2.95. The molecule has 2 saturated heterocycles. The molecule has 15 heavy (non-hydrogen) atoms. The minimum absolute atomic E-state index is 0.475. The Hall–Kier alpha value is -0.0400. The van der Waals surface area contributed by atoms with Crippen molar-refractivity contribution in [2.45, 2.75) is 76.8 Å². The van der Waals surface area contributed by atoms with E-state index in [9.17, 15) is 0 Å². The molecule has 1 spiro atoms. The molecule has 2 aliphatic heterocycles. The highest BCUT2D eigenvalue weighted by Gasteiger charge is 2.62. The number of hydrogen-bond donors (Lipinski definition) is 0. The predicted octanol–water partition coefficient (Wildman–Crippen LogP) is 3.58. The zero-order valence-electron chi connectivity index (χ0n) is 10.6. The lowest BCUT2D eigenvalue weighted by Crippen LogP contribution is -2.58. The van der Waals surface area contributed by atoms with Gasteiger partial charge < -0.3 is 0 Å². The lowest BCUT2D eigenvalue weighted by molar-refractivity contribution is -0.0321. The predicted molar refractivity (Wildman–Crippen MR) is 63.9 cm³/mol. The molecule has 86 valence electrons. The highest BCUT2D eigenvalue weighted by atomic mass is 15.3. The van der Waals surface area contributed by atoms with E-state index in [0.29, 0.717) is 16.5 Å². The van der Waals surface area contributed by atoms with Crippen LogP contribution in [0.5, 0.6) is 0 Å². The monoisotopic (exact) mass is 207 g/mol. The average Bonchev–Trinajstić information content (AvgIpc) is 2.53. The molecule has 1 saturated carbocycles. The quantitative estimate of drug-likeness (QED) is 0.587. The van der Waals surface area contributed by atoms with Gasteiger partial charge in [0.2, 0.25) is 0 Å². The van der Waals surface area contributed by atoms with E-state index in [0.717, 1.165) is 0 Å². The SMILES string of the molecule is CC(C)(C)C12CCCN1C1(CCC1)CC2. The number of fused-ring (bicyclic) bond motifs is 2. The van der Waals surface area contributed by atoms with Gasteiger partial charge >= 0.3 is 0 Å². The van der Waals surface area contributed by atoms with E-state index in [1.807, 2.05) is 0 Å². The molecule has 0 radical (unpaired) electrons. The summed E-state index contributed by atoms with van der Waals surface area (Å²) in [5.74, 6) is 0. The first-order valence-corrected chi connectivity index (χ1v) is 6.78. The Morgan fingerprint density at radius 1 is 0.867 bits per heavy atom. The highest BCUT2D eigenvalue weighted by Crippen LogP contribution is 2.60. The molecule has 0 aromatic rings. The Morgan fingerprint density at radius 2 is 1.60 bits per heavy atom. The van der Waals surface area contributed by atoms with Crippen molar-refractivity contribution in [2.75, 3.05) is 6.54 Å². The number of nitrogens with zero attached hydrogens (tertiary/aromatic N) is 1. The molecule has 1 unspecified atom stereocenters. The second-order valence-electron chi connectivity index (χ2n) is 7.11. The fourth-order valence-electron chi connectivity index (χ4n) is 4.66. The molecule has 0 N–H and O–H groups in total. The number of rotatable bonds is 0. The van der Waals surface area contributed by atoms with Gasteiger partial charge in [-0.25, -0.2) is 0 Å². The van der Waals surface area contributed by atoms with Gasteiger partial charge in [-0.15, -0.1) is 0 Å². The Labute approximate surface area is 94.2 Å². The second-order valence-corrected chi connectivity index (χ2v) is 7.11. The van der Waals surface area contributed by atoms with Gasteiger partial charge in [-0.05, 0) is 56.9 Å². The first-order valence-electron chi connectivity index (χ1n) is 6.78. The molecular formula is C14H25N. The Kier molecular flexibility index (Phi) is 1.89. The summed E-state index contributed by atoms with van der Waals surface area (Å²) in [5.41, 5.74) is 1.71. The normalized spacial score (nSPS) is 39.4. The van der Waals surface area contributed by atoms with Gasteiger partial charge in [0.1, 0.15) is 0 Å². The topological polar surface area (TPSA) is 3.24 Å². The molecule has 3 rings (SSSR count). The van der Waals surface area contributed by atoms with E-state index in [1.54, 1.807) is 0 Å². The van der Waals surface area contributed by atoms with E-state index >= 15 is 0 Å². The van der Waals surface area contributed by atoms with Crippen LogP contribution in [0.1, 0.15) is 65.7 Å². The summed E-state index contributed by atoms with van der Waals surface area (Å²) in [4.78, 5) is 2.95. The van der Waals surface area contributed by atoms with Crippen LogP contribution < -0.4 is 0 Å². The summed E-state index contributed by atoms with van der Waals surface area (Å²) in [6.45, 7) is 8.77. The molecule has 1 nitrogen and oxygen atoms in total. The van der Waals surface area contributed by atoms with E-state index in [2.05, 4.69) is 25.7 Å². The summed E-state index contributed by atoms with van der Waals surface area (Å²) < 4.78 is 0. The van der Waals surface area contributed by atoms with Gasteiger partial charge in [0.05, 0.1) is 0 Å². The zero-order chi connectivity index (χ0) is 10.7. The Morgan fingerprint density at radius 3 is 2.13 bits per heavy atom. The lowest BCUT2D eigenvalue weighted by atomic mass is 9.71. The molecular weight excluding hydrogens is 182 g/mol. The maximum Gasteiger partial charge on any atom is 0.0264 e. The average molecular weight is 207 g/mol. The van der Waals surface area contributed by atoms with Crippen LogP contribution >= 0.6 is 0 Å². The van der Waals surface area contributed by atoms with Crippen molar-refractivity contribution >= 4 is 0 Å². The fourth-order valence-corrected chi connectivity index (χ4v) is 4.66. The molecule has 0 aromatic heterocycles. The molecule has 1 atom stereocenters. The van der Waals surface area contributed by atoms with E-state index in [1.165, 1.54) is 51.5 Å². The van der Waals surface area contributed by atoms with E-state index in [-0.39, 0.29) is 0 Å². The summed E-state index contributed by atoms with van der Waals surface area (Å²) in [6, 6.07) is 0. The lowest BCUT2D eigenvalue weighted by Gasteiger charge is -2.53. The Balaban J connectivity index is 1.96. The van der Waals surface area contributed by atoms with Crippen molar-refractivity contribution in [3.63, 3.8) is 0 Å². The van der Waals surface area contributed by atoms with Gasteiger partial charge in [0.25, 0.3) is 0 Å². The molecule has 0 bridgehead atoms. The van der Waals surface area contributed by atoms with Crippen molar-refractivity contribution in [3.05, 3.63) is 0 Å². The third kappa shape index (κ3) is 1.08. The molecule has 1 aliphatic carbocycles. The number of hydrogen-bond acceptors (Lipinski definition) is 1. The molecule has 0 aromatic carbocycles. The van der Waals surface area contributed by atoms with Crippen LogP contribution in [0.25, 0.3) is 0 Å². The Bertz CT molecular complexity index is 272. The van der Waals surface area contributed by atoms with Crippen LogP contribution in [0.4, 0.5) is 0 Å². The van der Waals surface area contributed by atoms with Crippen LogP contribution in [0.2, 0.25) is 0 Å². The molecule has 0 amide bonds. The van der Waals surface area contributed by atoms with Crippen molar-refractivity contribution < 1.29 is 0 Å². The maximum absolute atomic E-state index is 2.95. The molecule has 1 heteroatoms. The van der Waals surface area contributed by atoms with Crippen molar-refractivity contribution in [3.8, 4) is 0 Å². The minimum Gasteiger partial charge on any atom is -0.291 e. The van der Waals surface area contributed by atoms with Crippen molar-refractivity contribution in [1.82, 2.24) is 4.90 Å². The largest absolute Gasteiger partial charge is 0.291 e. The highest BCUT2D eigenvalue weighted by molar-refractivity contribution is 5.17. The van der Waals surface area contributed by atoms with E-state index < -0.39 is 0 Å². The van der Waals surface area contributed by atoms with Crippen molar-refractivity contribution in [2.24, 2.45) is 5.41 Å². The van der Waals surface area contributed by atoms with Crippen LogP contribution in [-0.4, -0.2) is 22.5 Å². The minimum atomic E-state index is 0.475. The molecule has 3 fully saturated rings. The summed E-state index contributed by atoms with van der Waals surface area (Å²) in [7, 11) is 0. The van der Waals surface area contributed by atoms with Crippen LogP contribution in [0, 0.1) is 5.41 Å². The van der Waals surface area contributed by atoms with Gasteiger partial charge in [0.15, 0.2) is 0 Å². The third-order valence-corrected chi connectivity index (χ3v) is 5.75. The first kappa shape index (κ1) is 10.1. The zero-order valence-corrected chi connectivity index (χ0v) is 10.6. The third-order valence-electron chi connectivity index (χ3n) is 5.75. The molecule has 3 aliphatic rings. The van der Waals surface area contributed by atoms with Gasteiger partial charge in [-0.3, -0.25) is 4.90 Å². The van der Waals surface area contributed by atoms with E-state index in [4.69, 9.17) is 0 Å². The smallest absolute Gasteiger partial charge is 0.0264 e. The second kappa shape index (κ2) is 2.80. The summed E-state index contributed by atoms with van der Waals surface area (Å²) in [6.07, 6.45) is 10.3. The van der Waals surface area contributed by atoms with Gasteiger partial charge in [-0.2, -0.15) is 0 Å². The van der Waals surface area contributed by atoms with Crippen LogP contribution in [0.3, 0.4) is 0 Å². The molecule has 2 heterocycles. The standard InChI is InChI=1S/C14H25N/c1-12(2,3)14-8-5-11-15(14)13(9-10-14)6-4-7-13/h4-11H2,1-3H3. The first-order chi connectivity index (χ1) is 7.00. The van der Waals surface area contributed by atoms with Gasteiger partial charge in [-0.1, -0.05) is 20.8 Å². The van der Waals surface area contributed by atoms with Gasteiger partial charge in [0, 0.05) is 11.1 Å². The summed E-state index contributed by atoms with van der Waals surface area (Å²) in [5, 5.41) is 0. The fraction of sp³-hybridized carbons (Fsp3) is 1.00. The summed E-state index contributed by atoms with van der Waals surface area (Å²) >= 11 is 0. The van der Waals surface area contributed by atoms with Crippen LogP contribution in [-0.2, 0) is 0 Å². The van der Waals surface area contributed by atoms with Crippen LogP contribution in [0.15, 0.2) is 0 Å². The van der Waals surface area contributed by atoms with Crippen molar-refractivity contribution in [1.29, 1.82) is 0 Å².